The van der Waals surface area contributed by atoms with Crippen molar-refractivity contribution in [3.8, 4) is 0 Å². The summed E-state index contributed by atoms with van der Waals surface area (Å²) in [7, 11) is -3.70. The number of thiophene rings is 1. The summed E-state index contributed by atoms with van der Waals surface area (Å²) in [6.07, 6.45) is 0.239. The number of carboxylic acid groups (broad SMARTS) is 1. The average Bonchev–Trinajstić information content (AvgIpc) is 2.84. The molecule has 8 heteroatoms. The van der Waals surface area contributed by atoms with Crippen molar-refractivity contribution >= 4 is 40.0 Å². The van der Waals surface area contributed by atoms with Crippen LogP contribution in [0.4, 0.5) is 0 Å². The van der Waals surface area contributed by atoms with E-state index in [1.807, 2.05) is 0 Å². The second-order valence-corrected chi connectivity index (χ2v) is 7.55. The van der Waals surface area contributed by atoms with E-state index in [0.717, 1.165) is 15.6 Å². The fourth-order valence-electron chi connectivity index (χ4n) is 1.80. The van der Waals surface area contributed by atoms with Gasteiger partial charge in [0.15, 0.2) is 0 Å². The maximum Gasteiger partial charge on any atom is 0.322 e. The first-order valence-corrected chi connectivity index (χ1v) is 7.73. The second kappa shape index (κ2) is 4.60. The van der Waals surface area contributed by atoms with Crippen LogP contribution in [0.5, 0.6) is 0 Å². The second-order valence-electron chi connectivity index (χ2n) is 3.75. The van der Waals surface area contributed by atoms with Crippen molar-refractivity contribution in [1.82, 2.24) is 4.31 Å². The Hall–Kier alpha value is -0.570. The van der Waals surface area contributed by atoms with Crippen LogP contribution in [-0.4, -0.2) is 41.6 Å². The van der Waals surface area contributed by atoms with E-state index in [1.165, 1.54) is 6.07 Å². The van der Waals surface area contributed by atoms with Gasteiger partial charge in [-0.05, 0) is 17.9 Å². The van der Waals surface area contributed by atoms with Gasteiger partial charge in [-0.2, -0.15) is 16.9 Å². The molecule has 0 amide bonds. The van der Waals surface area contributed by atoms with Crippen molar-refractivity contribution in [2.75, 3.05) is 6.54 Å². The molecule has 0 radical (unpaired) electrons. The summed E-state index contributed by atoms with van der Waals surface area (Å²) in [5, 5.41) is 10.4. The molecule has 1 aliphatic rings. The fourth-order valence-corrected chi connectivity index (χ4v) is 5.04. The van der Waals surface area contributed by atoms with Crippen LogP contribution >= 0.6 is 24.0 Å². The lowest BCUT2D eigenvalue weighted by molar-refractivity contribution is -0.140. The number of hydrogen-bond donors (Lipinski definition) is 2. The first kappa shape index (κ1) is 12.9. The molecular formula is C9H11NO4S3. The molecule has 0 aliphatic carbocycles. The Labute approximate surface area is 109 Å². The van der Waals surface area contributed by atoms with Gasteiger partial charge in [-0.15, -0.1) is 11.3 Å². The zero-order valence-electron chi connectivity index (χ0n) is 8.68. The highest BCUT2D eigenvalue weighted by molar-refractivity contribution is 7.91. The summed E-state index contributed by atoms with van der Waals surface area (Å²) in [4.78, 5) is 11.0. The van der Waals surface area contributed by atoms with Gasteiger partial charge in [-0.25, -0.2) is 8.42 Å². The van der Waals surface area contributed by atoms with Gasteiger partial charge < -0.3 is 5.11 Å². The number of aliphatic carboxylic acids is 1. The minimum atomic E-state index is -3.70. The normalized spacial score (nSPS) is 26.2. The van der Waals surface area contributed by atoms with Crippen LogP contribution in [0, 0.1) is 0 Å². The predicted molar refractivity (Wildman–Crippen MR) is 67.0 cm³/mol. The molecule has 1 N–H and O–H groups in total. The molecule has 17 heavy (non-hydrogen) atoms. The molecule has 0 aromatic carbocycles. The molecule has 0 bridgehead atoms. The molecule has 2 atom stereocenters. The Kier molecular flexibility index (Phi) is 3.48. The zero-order chi connectivity index (χ0) is 12.6. The van der Waals surface area contributed by atoms with E-state index in [1.54, 1.807) is 11.4 Å². The number of nitrogens with zero attached hydrogens (tertiary/aromatic N) is 1. The van der Waals surface area contributed by atoms with Crippen LogP contribution in [0.15, 0.2) is 21.7 Å². The van der Waals surface area contributed by atoms with Gasteiger partial charge in [0.2, 0.25) is 0 Å². The first-order valence-electron chi connectivity index (χ1n) is 4.89. The van der Waals surface area contributed by atoms with E-state index >= 15 is 0 Å². The highest BCUT2D eigenvalue weighted by Crippen LogP contribution is 2.30. The van der Waals surface area contributed by atoms with E-state index in [0.29, 0.717) is 0 Å². The van der Waals surface area contributed by atoms with Gasteiger partial charge in [0.25, 0.3) is 10.0 Å². The van der Waals surface area contributed by atoms with E-state index in [9.17, 15) is 13.2 Å². The van der Waals surface area contributed by atoms with Gasteiger partial charge >= 0.3 is 5.97 Å². The van der Waals surface area contributed by atoms with E-state index in [-0.39, 0.29) is 22.4 Å². The van der Waals surface area contributed by atoms with Gasteiger partial charge in [0.1, 0.15) is 10.3 Å². The minimum absolute atomic E-state index is 0.139. The maximum absolute atomic E-state index is 12.2. The van der Waals surface area contributed by atoms with Gasteiger partial charge in [0, 0.05) is 11.8 Å². The SMILES string of the molecule is O=C(O)[C@@H]1C[C@@H](S)CN1S(=O)(=O)c1cccs1. The molecule has 0 spiro atoms. The van der Waals surface area contributed by atoms with E-state index in [4.69, 9.17) is 5.11 Å². The van der Waals surface area contributed by atoms with Crippen molar-refractivity contribution in [2.24, 2.45) is 0 Å². The number of rotatable bonds is 3. The van der Waals surface area contributed by atoms with Crippen LogP contribution < -0.4 is 0 Å². The topological polar surface area (TPSA) is 74.7 Å². The number of sulfonamides is 1. The molecule has 1 saturated heterocycles. The summed E-state index contributed by atoms with van der Waals surface area (Å²) in [6, 6.07) is 2.09. The van der Waals surface area contributed by atoms with Gasteiger partial charge in [-0.3, -0.25) is 4.79 Å². The van der Waals surface area contributed by atoms with Crippen LogP contribution in [0.25, 0.3) is 0 Å². The first-order chi connectivity index (χ1) is 7.93. The van der Waals surface area contributed by atoms with E-state index in [2.05, 4.69) is 12.6 Å². The zero-order valence-corrected chi connectivity index (χ0v) is 11.2. The van der Waals surface area contributed by atoms with Crippen molar-refractivity contribution in [3.05, 3.63) is 17.5 Å². The molecule has 1 fully saturated rings. The molecule has 0 unspecified atom stereocenters. The van der Waals surface area contributed by atoms with Crippen LogP contribution in [0.2, 0.25) is 0 Å². The minimum Gasteiger partial charge on any atom is -0.480 e. The molecule has 2 heterocycles. The Balaban J connectivity index is 2.36. The molecule has 94 valence electrons. The summed E-state index contributed by atoms with van der Waals surface area (Å²) in [6.45, 7) is 0.139. The third-order valence-corrected chi connectivity index (χ3v) is 6.20. The average molecular weight is 293 g/mol. The van der Waals surface area contributed by atoms with Crippen molar-refractivity contribution < 1.29 is 18.3 Å². The standard InChI is InChI=1S/C9H11NO4S3/c11-9(12)7-4-6(15)5-10(7)17(13,14)8-2-1-3-16-8/h1-3,6-7,15H,4-5H2,(H,11,12)/t6-,7+/m1/s1. The highest BCUT2D eigenvalue weighted by Gasteiger charge is 2.43. The Morgan fingerprint density at radius 1 is 1.59 bits per heavy atom. The third-order valence-electron chi connectivity index (χ3n) is 2.58. The highest BCUT2D eigenvalue weighted by atomic mass is 32.2. The largest absolute Gasteiger partial charge is 0.480 e. The molecular weight excluding hydrogens is 282 g/mol. The molecule has 1 aliphatic heterocycles. The molecule has 2 rings (SSSR count). The lowest BCUT2D eigenvalue weighted by Crippen LogP contribution is -2.40. The molecule has 1 aromatic heterocycles. The third kappa shape index (κ3) is 2.35. The number of carboxylic acids is 1. The lowest BCUT2D eigenvalue weighted by Gasteiger charge is -2.19. The lowest BCUT2D eigenvalue weighted by atomic mass is 10.2. The van der Waals surface area contributed by atoms with Crippen molar-refractivity contribution in [3.63, 3.8) is 0 Å². The molecule has 5 nitrogen and oxygen atoms in total. The van der Waals surface area contributed by atoms with Crippen LogP contribution in [0.1, 0.15) is 6.42 Å². The monoisotopic (exact) mass is 293 g/mol. The maximum atomic E-state index is 12.2. The number of hydrogen-bond acceptors (Lipinski definition) is 5. The number of carbonyl (C=O) groups is 1. The Morgan fingerprint density at radius 2 is 2.29 bits per heavy atom. The van der Waals surface area contributed by atoms with Crippen LogP contribution in [0.3, 0.4) is 0 Å². The summed E-state index contributed by atoms with van der Waals surface area (Å²) in [5.41, 5.74) is 0. The summed E-state index contributed by atoms with van der Waals surface area (Å²) >= 11 is 5.25. The van der Waals surface area contributed by atoms with Gasteiger partial charge in [0.05, 0.1) is 0 Å². The van der Waals surface area contributed by atoms with Crippen molar-refractivity contribution in [2.45, 2.75) is 21.9 Å². The fraction of sp³-hybridized carbons (Fsp3) is 0.444. The van der Waals surface area contributed by atoms with E-state index < -0.39 is 22.0 Å². The molecule has 0 saturated carbocycles. The Morgan fingerprint density at radius 3 is 2.82 bits per heavy atom. The van der Waals surface area contributed by atoms with Gasteiger partial charge in [-0.1, -0.05) is 6.07 Å². The smallest absolute Gasteiger partial charge is 0.322 e. The van der Waals surface area contributed by atoms with Crippen LogP contribution in [-0.2, 0) is 14.8 Å². The molecule has 1 aromatic rings. The Bertz CT molecular complexity index is 510. The van der Waals surface area contributed by atoms with Crippen molar-refractivity contribution in [1.29, 1.82) is 0 Å². The summed E-state index contributed by atoms with van der Waals surface area (Å²) in [5.74, 6) is -1.12. The predicted octanol–water partition coefficient (Wildman–Crippen LogP) is 0.894. The quantitative estimate of drug-likeness (QED) is 0.812. The summed E-state index contributed by atoms with van der Waals surface area (Å²) < 4.78 is 25.6. The number of thiol groups is 1.